The van der Waals surface area contributed by atoms with Crippen LogP contribution in [0.15, 0.2) is 18.2 Å². The van der Waals surface area contributed by atoms with Crippen LogP contribution in [0.4, 0.5) is 17.1 Å². The van der Waals surface area contributed by atoms with E-state index in [0.29, 0.717) is 11.4 Å². The van der Waals surface area contributed by atoms with Crippen LogP contribution in [0.25, 0.3) is 0 Å². The molecule has 1 saturated heterocycles. The number of benzene rings is 1. The van der Waals surface area contributed by atoms with E-state index in [1.807, 2.05) is 18.2 Å². The van der Waals surface area contributed by atoms with Gasteiger partial charge in [0.15, 0.2) is 0 Å². The summed E-state index contributed by atoms with van der Waals surface area (Å²) in [4.78, 5) is 0. The summed E-state index contributed by atoms with van der Waals surface area (Å²) >= 11 is 0. The quantitative estimate of drug-likeness (QED) is 0.642. The lowest BCUT2D eigenvalue weighted by atomic mass is 10.0. The van der Waals surface area contributed by atoms with Gasteiger partial charge in [0.2, 0.25) is 0 Å². The molecule has 0 radical (unpaired) electrons. The van der Waals surface area contributed by atoms with Gasteiger partial charge in [0.25, 0.3) is 0 Å². The molecule has 0 aliphatic carbocycles. The first-order chi connectivity index (χ1) is 7.09. The van der Waals surface area contributed by atoms with Crippen LogP contribution in [0.1, 0.15) is 13.3 Å². The van der Waals surface area contributed by atoms with E-state index in [1.165, 1.54) is 0 Å². The molecule has 5 N–H and O–H groups in total. The van der Waals surface area contributed by atoms with Crippen LogP contribution in [-0.4, -0.2) is 18.8 Å². The Hall–Kier alpha value is -1.42. The van der Waals surface area contributed by atoms with Gasteiger partial charge in [0, 0.05) is 12.3 Å². The maximum absolute atomic E-state index is 5.74. The third-order valence-corrected chi connectivity index (χ3v) is 2.75. The molecule has 1 aromatic rings. The molecule has 1 aliphatic rings. The van der Waals surface area contributed by atoms with E-state index >= 15 is 0 Å². The van der Waals surface area contributed by atoms with Crippen LogP contribution in [0.3, 0.4) is 0 Å². The molecule has 0 amide bonds. The second kappa shape index (κ2) is 3.62. The Balaban J connectivity index is 2.13. The highest BCUT2D eigenvalue weighted by atomic mass is 16.5. The Morgan fingerprint density at radius 3 is 2.73 bits per heavy atom. The van der Waals surface area contributed by atoms with Crippen LogP contribution < -0.4 is 16.8 Å². The van der Waals surface area contributed by atoms with Gasteiger partial charge in [0.05, 0.1) is 23.5 Å². The Labute approximate surface area is 89.6 Å². The van der Waals surface area contributed by atoms with Gasteiger partial charge in [-0.1, -0.05) is 0 Å². The standard InChI is InChI=1S/C11H17N3O/c1-11(4-5-15-7-11)14-8-2-3-9(12)10(13)6-8/h2-3,6,14H,4-5,7,12-13H2,1H3. The Morgan fingerprint density at radius 2 is 2.13 bits per heavy atom. The zero-order valence-electron chi connectivity index (χ0n) is 8.92. The lowest BCUT2D eigenvalue weighted by Gasteiger charge is -2.25. The molecular formula is C11H17N3O. The molecule has 82 valence electrons. The highest BCUT2D eigenvalue weighted by Crippen LogP contribution is 2.26. The summed E-state index contributed by atoms with van der Waals surface area (Å²) in [5.41, 5.74) is 13.6. The summed E-state index contributed by atoms with van der Waals surface area (Å²) in [5.74, 6) is 0. The van der Waals surface area contributed by atoms with Gasteiger partial charge in [-0.25, -0.2) is 0 Å². The number of nitrogens with two attached hydrogens (primary N) is 2. The minimum absolute atomic E-state index is 0.0164. The molecule has 1 aromatic carbocycles. The second-order valence-corrected chi connectivity index (χ2v) is 4.33. The summed E-state index contributed by atoms with van der Waals surface area (Å²) in [6, 6.07) is 5.62. The van der Waals surface area contributed by atoms with Crippen molar-refractivity contribution in [2.45, 2.75) is 18.9 Å². The van der Waals surface area contributed by atoms with Crippen molar-refractivity contribution in [1.82, 2.24) is 0 Å². The van der Waals surface area contributed by atoms with E-state index in [-0.39, 0.29) is 5.54 Å². The topological polar surface area (TPSA) is 73.3 Å². The van der Waals surface area contributed by atoms with E-state index in [0.717, 1.165) is 25.3 Å². The Bertz CT molecular complexity index is 359. The first-order valence-electron chi connectivity index (χ1n) is 5.10. The van der Waals surface area contributed by atoms with Gasteiger partial charge in [-0.15, -0.1) is 0 Å². The molecule has 1 heterocycles. The fraction of sp³-hybridized carbons (Fsp3) is 0.455. The lowest BCUT2D eigenvalue weighted by Crippen LogP contribution is -2.34. The molecule has 0 bridgehead atoms. The largest absolute Gasteiger partial charge is 0.397 e. The molecule has 4 nitrogen and oxygen atoms in total. The highest BCUT2D eigenvalue weighted by Gasteiger charge is 2.29. The predicted molar refractivity (Wildman–Crippen MR) is 62.7 cm³/mol. The number of nitrogen functional groups attached to an aromatic ring is 2. The van der Waals surface area contributed by atoms with E-state index in [4.69, 9.17) is 16.2 Å². The van der Waals surface area contributed by atoms with Crippen molar-refractivity contribution < 1.29 is 4.74 Å². The van der Waals surface area contributed by atoms with Crippen molar-refractivity contribution in [1.29, 1.82) is 0 Å². The van der Waals surface area contributed by atoms with Gasteiger partial charge in [-0.2, -0.15) is 0 Å². The van der Waals surface area contributed by atoms with Gasteiger partial charge >= 0.3 is 0 Å². The van der Waals surface area contributed by atoms with Crippen molar-refractivity contribution in [3.05, 3.63) is 18.2 Å². The minimum atomic E-state index is 0.0164. The molecule has 1 atom stereocenters. The predicted octanol–water partition coefficient (Wildman–Crippen LogP) is 1.44. The number of anilines is 3. The smallest absolute Gasteiger partial charge is 0.0694 e. The van der Waals surface area contributed by atoms with Crippen LogP contribution in [-0.2, 0) is 4.74 Å². The Kier molecular flexibility index (Phi) is 2.44. The third kappa shape index (κ3) is 2.15. The average Bonchev–Trinajstić information content (AvgIpc) is 2.59. The van der Waals surface area contributed by atoms with E-state index in [2.05, 4.69) is 12.2 Å². The number of nitrogens with one attached hydrogen (secondary N) is 1. The first-order valence-corrected chi connectivity index (χ1v) is 5.10. The van der Waals surface area contributed by atoms with Gasteiger partial charge in [0.1, 0.15) is 0 Å². The Morgan fingerprint density at radius 1 is 1.33 bits per heavy atom. The fourth-order valence-electron chi connectivity index (χ4n) is 1.77. The number of hydrogen-bond donors (Lipinski definition) is 3. The first kappa shape index (κ1) is 10.1. The molecule has 1 aliphatic heterocycles. The maximum Gasteiger partial charge on any atom is 0.0694 e. The van der Waals surface area contributed by atoms with E-state index in [1.54, 1.807) is 0 Å². The normalized spacial score (nSPS) is 25.4. The number of ether oxygens (including phenoxy) is 1. The van der Waals surface area contributed by atoms with Crippen molar-refractivity contribution in [2.75, 3.05) is 30.0 Å². The van der Waals surface area contributed by atoms with Crippen molar-refractivity contribution in [3.63, 3.8) is 0 Å². The van der Waals surface area contributed by atoms with Crippen LogP contribution in [0.5, 0.6) is 0 Å². The van der Waals surface area contributed by atoms with Crippen molar-refractivity contribution in [3.8, 4) is 0 Å². The van der Waals surface area contributed by atoms with Crippen LogP contribution >= 0.6 is 0 Å². The van der Waals surface area contributed by atoms with E-state index < -0.39 is 0 Å². The fourth-order valence-corrected chi connectivity index (χ4v) is 1.77. The SMILES string of the molecule is CC1(Nc2ccc(N)c(N)c2)CCOC1. The zero-order chi connectivity index (χ0) is 10.9. The van der Waals surface area contributed by atoms with Gasteiger partial charge in [-0.3, -0.25) is 0 Å². The van der Waals surface area contributed by atoms with Crippen LogP contribution in [0.2, 0.25) is 0 Å². The molecule has 2 rings (SSSR count). The summed E-state index contributed by atoms with van der Waals surface area (Å²) in [7, 11) is 0. The minimum Gasteiger partial charge on any atom is -0.397 e. The van der Waals surface area contributed by atoms with E-state index in [9.17, 15) is 0 Å². The monoisotopic (exact) mass is 207 g/mol. The second-order valence-electron chi connectivity index (χ2n) is 4.33. The molecule has 0 spiro atoms. The van der Waals surface area contributed by atoms with Gasteiger partial charge < -0.3 is 21.5 Å². The molecule has 0 saturated carbocycles. The zero-order valence-corrected chi connectivity index (χ0v) is 8.92. The number of hydrogen-bond acceptors (Lipinski definition) is 4. The highest BCUT2D eigenvalue weighted by molar-refractivity contribution is 5.69. The summed E-state index contributed by atoms with van der Waals surface area (Å²) in [6.45, 7) is 3.69. The molecule has 1 fully saturated rings. The molecule has 15 heavy (non-hydrogen) atoms. The third-order valence-electron chi connectivity index (χ3n) is 2.75. The summed E-state index contributed by atoms with van der Waals surface area (Å²) < 4.78 is 5.37. The molecule has 4 heteroatoms. The molecule has 1 unspecified atom stereocenters. The van der Waals surface area contributed by atoms with Crippen molar-refractivity contribution >= 4 is 17.1 Å². The molecule has 0 aromatic heterocycles. The molecular weight excluding hydrogens is 190 g/mol. The summed E-state index contributed by atoms with van der Waals surface area (Å²) in [5, 5.41) is 3.42. The lowest BCUT2D eigenvalue weighted by molar-refractivity contribution is 0.185. The maximum atomic E-state index is 5.74. The van der Waals surface area contributed by atoms with Gasteiger partial charge in [-0.05, 0) is 31.5 Å². The average molecular weight is 207 g/mol. The van der Waals surface area contributed by atoms with Crippen LogP contribution in [0, 0.1) is 0 Å². The summed E-state index contributed by atoms with van der Waals surface area (Å²) in [6.07, 6.45) is 1.01. The number of rotatable bonds is 2. The van der Waals surface area contributed by atoms with Crippen molar-refractivity contribution in [2.24, 2.45) is 0 Å².